The molecule has 0 radical (unpaired) electrons. The fraction of sp³-hybridized carbons (Fsp3) is 0.909. The van der Waals surface area contributed by atoms with E-state index in [4.69, 9.17) is 9.84 Å². The predicted octanol–water partition coefficient (Wildman–Crippen LogP) is 0.538. The molecule has 1 saturated heterocycles. The van der Waals surface area contributed by atoms with Crippen LogP contribution in [0.5, 0.6) is 0 Å². The Labute approximate surface area is 108 Å². The van der Waals surface area contributed by atoms with Crippen LogP contribution in [0.3, 0.4) is 0 Å². The minimum Gasteiger partial charge on any atom is -0.480 e. The van der Waals surface area contributed by atoms with Gasteiger partial charge in [-0.2, -0.15) is 4.31 Å². The Kier molecular flexibility index (Phi) is 5.55. The normalized spacial score (nSPS) is 20.8. The van der Waals surface area contributed by atoms with Gasteiger partial charge in [-0.05, 0) is 32.6 Å². The monoisotopic (exact) mass is 279 g/mol. The van der Waals surface area contributed by atoms with Gasteiger partial charge >= 0.3 is 5.97 Å². The van der Waals surface area contributed by atoms with Gasteiger partial charge < -0.3 is 9.84 Å². The van der Waals surface area contributed by atoms with Crippen molar-refractivity contribution < 1.29 is 23.1 Å². The first-order valence-electron chi connectivity index (χ1n) is 6.12. The summed E-state index contributed by atoms with van der Waals surface area (Å²) in [6.07, 6.45) is 1.42. The summed E-state index contributed by atoms with van der Waals surface area (Å²) < 4.78 is 30.4. The molecular weight excluding hydrogens is 258 g/mol. The molecule has 0 aromatic heterocycles. The van der Waals surface area contributed by atoms with Gasteiger partial charge in [-0.15, -0.1) is 0 Å². The average molecular weight is 279 g/mol. The van der Waals surface area contributed by atoms with Crippen LogP contribution in [0.25, 0.3) is 0 Å². The Bertz CT molecular complexity index is 373. The third kappa shape index (κ3) is 4.55. The zero-order chi connectivity index (χ0) is 13.8. The summed E-state index contributed by atoms with van der Waals surface area (Å²) in [6, 6.07) is -0.342. The van der Waals surface area contributed by atoms with Gasteiger partial charge in [0.05, 0.1) is 5.75 Å². The third-order valence-electron chi connectivity index (χ3n) is 3.03. The molecule has 1 aliphatic rings. The van der Waals surface area contributed by atoms with Gasteiger partial charge in [-0.1, -0.05) is 0 Å². The molecule has 1 atom stereocenters. The molecule has 1 heterocycles. The SMILES string of the molecule is CC(C)N(CC(=O)O)S(=O)(=O)CCC1CCOC1. The molecule has 0 aromatic carbocycles. The van der Waals surface area contributed by atoms with Gasteiger partial charge in [-0.3, -0.25) is 4.79 Å². The van der Waals surface area contributed by atoms with Crippen molar-refractivity contribution in [1.29, 1.82) is 0 Å². The zero-order valence-corrected chi connectivity index (χ0v) is 11.6. The summed E-state index contributed by atoms with van der Waals surface area (Å²) in [6.45, 7) is 4.18. The van der Waals surface area contributed by atoms with E-state index < -0.39 is 22.5 Å². The summed E-state index contributed by atoms with van der Waals surface area (Å²) in [7, 11) is -3.51. The minimum absolute atomic E-state index is 0.00745. The van der Waals surface area contributed by atoms with Crippen LogP contribution in [-0.4, -0.2) is 55.4 Å². The van der Waals surface area contributed by atoms with E-state index in [2.05, 4.69) is 0 Å². The van der Waals surface area contributed by atoms with E-state index in [1.165, 1.54) is 0 Å². The number of sulfonamides is 1. The molecule has 1 aliphatic heterocycles. The maximum atomic E-state index is 12.1. The van der Waals surface area contributed by atoms with E-state index in [1.807, 2.05) is 0 Å². The molecule has 1 rings (SSSR count). The number of rotatable bonds is 7. The highest BCUT2D eigenvalue weighted by atomic mass is 32.2. The third-order valence-corrected chi connectivity index (χ3v) is 5.05. The Hall–Kier alpha value is -0.660. The van der Waals surface area contributed by atoms with E-state index in [0.717, 1.165) is 10.7 Å². The number of hydrogen-bond acceptors (Lipinski definition) is 4. The molecule has 0 bridgehead atoms. The molecule has 6 nitrogen and oxygen atoms in total. The maximum absolute atomic E-state index is 12.1. The van der Waals surface area contributed by atoms with E-state index in [0.29, 0.717) is 19.6 Å². The summed E-state index contributed by atoms with van der Waals surface area (Å²) >= 11 is 0. The van der Waals surface area contributed by atoms with Gasteiger partial charge in [0.2, 0.25) is 10.0 Å². The highest BCUT2D eigenvalue weighted by Gasteiger charge is 2.28. The fourth-order valence-corrected chi connectivity index (χ4v) is 3.79. The minimum atomic E-state index is -3.51. The summed E-state index contributed by atoms with van der Waals surface area (Å²) in [5.41, 5.74) is 0. The molecule has 0 saturated carbocycles. The molecule has 1 unspecified atom stereocenters. The molecule has 1 fully saturated rings. The quantitative estimate of drug-likeness (QED) is 0.735. The number of carbonyl (C=O) groups is 1. The van der Waals surface area contributed by atoms with Crippen LogP contribution in [0, 0.1) is 5.92 Å². The van der Waals surface area contributed by atoms with Crippen molar-refractivity contribution in [2.75, 3.05) is 25.5 Å². The number of carboxylic acids is 1. The highest BCUT2D eigenvalue weighted by Crippen LogP contribution is 2.19. The maximum Gasteiger partial charge on any atom is 0.318 e. The molecule has 0 aliphatic carbocycles. The fourth-order valence-electron chi connectivity index (χ4n) is 1.98. The van der Waals surface area contributed by atoms with Gasteiger partial charge in [-0.25, -0.2) is 8.42 Å². The van der Waals surface area contributed by atoms with Crippen LogP contribution in [0.15, 0.2) is 0 Å². The standard InChI is InChI=1S/C11H21NO5S/c1-9(2)12(7-11(13)14)18(15,16)6-4-10-3-5-17-8-10/h9-10H,3-8H2,1-2H3,(H,13,14). The lowest BCUT2D eigenvalue weighted by molar-refractivity contribution is -0.137. The second-order valence-corrected chi connectivity index (χ2v) is 6.91. The summed E-state index contributed by atoms with van der Waals surface area (Å²) in [4.78, 5) is 10.7. The Balaban J connectivity index is 2.60. The van der Waals surface area contributed by atoms with E-state index in [9.17, 15) is 13.2 Å². The van der Waals surface area contributed by atoms with Crippen LogP contribution < -0.4 is 0 Å². The Morgan fingerprint density at radius 2 is 2.17 bits per heavy atom. The Morgan fingerprint density at radius 1 is 1.50 bits per heavy atom. The van der Waals surface area contributed by atoms with Crippen LogP contribution in [-0.2, 0) is 19.6 Å². The molecule has 106 valence electrons. The van der Waals surface area contributed by atoms with Gasteiger partial charge in [0.15, 0.2) is 0 Å². The van der Waals surface area contributed by atoms with Gasteiger partial charge in [0.1, 0.15) is 6.54 Å². The summed E-state index contributed by atoms with van der Waals surface area (Å²) in [5, 5.41) is 8.75. The molecule has 0 amide bonds. The van der Waals surface area contributed by atoms with Crippen LogP contribution in [0.2, 0.25) is 0 Å². The number of nitrogens with zero attached hydrogens (tertiary/aromatic N) is 1. The van der Waals surface area contributed by atoms with E-state index in [-0.39, 0.29) is 17.7 Å². The first kappa shape index (κ1) is 15.4. The average Bonchev–Trinajstić information content (AvgIpc) is 2.75. The van der Waals surface area contributed by atoms with Crippen molar-refractivity contribution in [3.8, 4) is 0 Å². The van der Waals surface area contributed by atoms with E-state index >= 15 is 0 Å². The van der Waals surface area contributed by atoms with Crippen molar-refractivity contribution >= 4 is 16.0 Å². The predicted molar refractivity (Wildman–Crippen MR) is 66.8 cm³/mol. The molecule has 7 heteroatoms. The van der Waals surface area contributed by atoms with Crippen LogP contribution in [0.4, 0.5) is 0 Å². The van der Waals surface area contributed by atoms with Crippen molar-refractivity contribution in [2.45, 2.75) is 32.7 Å². The number of hydrogen-bond donors (Lipinski definition) is 1. The lowest BCUT2D eigenvalue weighted by Crippen LogP contribution is -2.42. The van der Waals surface area contributed by atoms with Crippen LogP contribution >= 0.6 is 0 Å². The van der Waals surface area contributed by atoms with Crippen molar-refractivity contribution in [2.24, 2.45) is 5.92 Å². The van der Waals surface area contributed by atoms with Crippen molar-refractivity contribution in [3.05, 3.63) is 0 Å². The number of ether oxygens (including phenoxy) is 1. The topological polar surface area (TPSA) is 83.9 Å². The zero-order valence-electron chi connectivity index (χ0n) is 10.8. The first-order chi connectivity index (χ1) is 8.33. The Morgan fingerprint density at radius 3 is 2.61 bits per heavy atom. The molecule has 1 N–H and O–H groups in total. The number of carboxylic acid groups (broad SMARTS) is 1. The number of aliphatic carboxylic acids is 1. The molecule has 18 heavy (non-hydrogen) atoms. The highest BCUT2D eigenvalue weighted by molar-refractivity contribution is 7.89. The smallest absolute Gasteiger partial charge is 0.318 e. The van der Waals surface area contributed by atoms with Crippen LogP contribution in [0.1, 0.15) is 26.7 Å². The van der Waals surface area contributed by atoms with E-state index in [1.54, 1.807) is 13.8 Å². The summed E-state index contributed by atoms with van der Waals surface area (Å²) in [5.74, 6) is -0.859. The van der Waals surface area contributed by atoms with Gasteiger partial charge in [0.25, 0.3) is 0 Å². The second-order valence-electron chi connectivity index (χ2n) is 4.87. The van der Waals surface area contributed by atoms with Crippen molar-refractivity contribution in [3.63, 3.8) is 0 Å². The lowest BCUT2D eigenvalue weighted by atomic mass is 10.1. The first-order valence-corrected chi connectivity index (χ1v) is 7.73. The molecular formula is C11H21NO5S. The second kappa shape index (κ2) is 6.49. The van der Waals surface area contributed by atoms with Gasteiger partial charge in [0, 0.05) is 19.3 Å². The van der Waals surface area contributed by atoms with Crippen molar-refractivity contribution in [1.82, 2.24) is 4.31 Å². The molecule has 0 spiro atoms. The largest absolute Gasteiger partial charge is 0.480 e. The lowest BCUT2D eigenvalue weighted by Gasteiger charge is -2.24. The molecule has 0 aromatic rings.